The van der Waals surface area contributed by atoms with E-state index in [1.165, 1.54) is 10.9 Å². The van der Waals surface area contributed by atoms with Crippen LogP contribution in [0, 0.1) is 5.41 Å². The molecule has 0 saturated carbocycles. The number of para-hydroxylation sites is 1. The Morgan fingerprint density at radius 3 is 2.95 bits per heavy atom. The molecule has 1 aliphatic rings. The number of benzene rings is 1. The Morgan fingerprint density at radius 1 is 1.30 bits per heavy atom. The number of hydrogen-bond donors (Lipinski definition) is 1. The highest BCUT2D eigenvalue weighted by Gasteiger charge is 2.37. The molecular weight excluding hydrogens is 248 g/mol. The minimum absolute atomic E-state index is 0.163. The zero-order valence-corrected chi connectivity index (χ0v) is 12.1. The van der Waals surface area contributed by atoms with Crippen molar-refractivity contribution in [3.8, 4) is 0 Å². The number of amides is 1. The van der Waals surface area contributed by atoms with E-state index in [9.17, 15) is 4.79 Å². The van der Waals surface area contributed by atoms with E-state index in [4.69, 9.17) is 0 Å². The Kier molecular flexibility index (Phi) is 3.51. The summed E-state index contributed by atoms with van der Waals surface area (Å²) >= 11 is 0. The number of fused-ring (bicyclic) bond motifs is 1. The van der Waals surface area contributed by atoms with Crippen molar-refractivity contribution in [1.82, 2.24) is 9.88 Å². The predicted octanol–water partition coefficient (Wildman–Crippen LogP) is 3.34. The van der Waals surface area contributed by atoms with Gasteiger partial charge in [0, 0.05) is 24.8 Å². The number of hydrogen-bond acceptors (Lipinski definition) is 1. The van der Waals surface area contributed by atoms with Crippen molar-refractivity contribution >= 4 is 16.8 Å². The Morgan fingerprint density at radius 2 is 2.15 bits per heavy atom. The van der Waals surface area contributed by atoms with Gasteiger partial charge in [-0.25, -0.2) is 0 Å². The molecule has 106 valence electrons. The lowest BCUT2D eigenvalue weighted by Gasteiger charge is -2.35. The van der Waals surface area contributed by atoms with Gasteiger partial charge in [0.2, 0.25) is 5.91 Å². The summed E-state index contributed by atoms with van der Waals surface area (Å²) in [7, 11) is 0. The SMILES string of the molecule is CCC1(CCn2ccc3ccccc32)CCCNC1=O. The molecule has 3 nitrogen and oxygen atoms in total. The third-order valence-electron chi connectivity index (χ3n) is 4.79. The minimum atomic E-state index is -0.163. The average Bonchev–Trinajstić information content (AvgIpc) is 2.90. The summed E-state index contributed by atoms with van der Waals surface area (Å²) in [5.74, 6) is 0.253. The van der Waals surface area contributed by atoms with Crippen LogP contribution in [0.15, 0.2) is 36.5 Å². The molecule has 3 rings (SSSR count). The van der Waals surface area contributed by atoms with Gasteiger partial charge >= 0.3 is 0 Å². The number of nitrogens with zero attached hydrogens (tertiary/aromatic N) is 1. The molecule has 1 aromatic carbocycles. The van der Waals surface area contributed by atoms with Crippen LogP contribution in [0.5, 0.6) is 0 Å². The Labute approximate surface area is 120 Å². The van der Waals surface area contributed by atoms with Crippen molar-refractivity contribution < 1.29 is 4.79 Å². The number of rotatable bonds is 4. The van der Waals surface area contributed by atoms with Gasteiger partial charge in [0.15, 0.2) is 0 Å². The van der Waals surface area contributed by atoms with Gasteiger partial charge in [-0.3, -0.25) is 4.79 Å². The van der Waals surface area contributed by atoms with Crippen LogP contribution in [0.25, 0.3) is 10.9 Å². The molecule has 1 saturated heterocycles. The third-order valence-corrected chi connectivity index (χ3v) is 4.79. The number of carbonyl (C=O) groups excluding carboxylic acids is 1. The standard InChI is InChI=1S/C17H22N2O/c1-2-17(9-5-11-18-16(17)20)10-13-19-12-8-14-6-3-4-7-15(14)19/h3-4,6-8,12H,2,5,9-11,13H2,1H3,(H,18,20). The molecule has 20 heavy (non-hydrogen) atoms. The van der Waals surface area contributed by atoms with Crippen LogP contribution in [0.2, 0.25) is 0 Å². The first kappa shape index (κ1) is 13.2. The Balaban J connectivity index is 1.79. The number of nitrogens with one attached hydrogen (secondary N) is 1. The summed E-state index contributed by atoms with van der Waals surface area (Å²) in [6.45, 7) is 3.89. The zero-order valence-electron chi connectivity index (χ0n) is 12.1. The monoisotopic (exact) mass is 270 g/mol. The molecule has 1 N–H and O–H groups in total. The van der Waals surface area contributed by atoms with Crippen LogP contribution >= 0.6 is 0 Å². The van der Waals surface area contributed by atoms with Crippen molar-refractivity contribution in [2.45, 2.75) is 39.2 Å². The van der Waals surface area contributed by atoms with Gasteiger partial charge in [-0.1, -0.05) is 25.1 Å². The van der Waals surface area contributed by atoms with Crippen LogP contribution in [-0.2, 0) is 11.3 Å². The molecule has 1 amide bonds. The smallest absolute Gasteiger partial charge is 0.226 e. The maximum Gasteiger partial charge on any atom is 0.226 e. The largest absolute Gasteiger partial charge is 0.356 e. The maximum atomic E-state index is 12.3. The molecule has 1 aromatic heterocycles. The van der Waals surface area contributed by atoms with Crippen molar-refractivity contribution in [2.24, 2.45) is 5.41 Å². The van der Waals surface area contributed by atoms with Gasteiger partial charge in [-0.2, -0.15) is 0 Å². The van der Waals surface area contributed by atoms with Crippen LogP contribution in [0.1, 0.15) is 32.6 Å². The predicted molar refractivity (Wildman–Crippen MR) is 81.5 cm³/mol. The van der Waals surface area contributed by atoms with Crippen molar-refractivity contribution in [3.63, 3.8) is 0 Å². The number of aromatic nitrogens is 1. The Hall–Kier alpha value is -1.77. The molecule has 1 unspecified atom stereocenters. The lowest BCUT2D eigenvalue weighted by molar-refractivity contribution is -0.134. The highest BCUT2D eigenvalue weighted by molar-refractivity contribution is 5.83. The van der Waals surface area contributed by atoms with E-state index in [1.54, 1.807) is 0 Å². The van der Waals surface area contributed by atoms with Gasteiger partial charge in [0.1, 0.15) is 0 Å². The van der Waals surface area contributed by atoms with Crippen molar-refractivity contribution in [3.05, 3.63) is 36.5 Å². The van der Waals surface area contributed by atoms with Gasteiger partial charge in [-0.05, 0) is 43.2 Å². The van der Waals surface area contributed by atoms with Crippen LogP contribution < -0.4 is 5.32 Å². The van der Waals surface area contributed by atoms with Crippen molar-refractivity contribution in [1.29, 1.82) is 0 Å². The summed E-state index contributed by atoms with van der Waals surface area (Å²) in [5.41, 5.74) is 1.10. The summed E-state index contributed by atoms with van der Waals surface area (Å²) in [6, 6.07) is 10.6. The van der Waals surface area contributed by atoms with E-state index in [2.05, 4.69) is 53.3 Å². The van der Waals surface area contributed by atoms with Gasteiger partial charge in [0.05, 0.1) is 5.41 Å². The van der Waals surface area contributed by atoms with Crippen LogP contribution in [0.4, 0.5) is 0 Å². The van der Waals surface area contributed by atoms with Gasteiger partial charge in [-0.15, -0.1) is 0 Å². The van der Waals surface area contributed by atoms with Gasteiger partial charge in [0.25, 0.3) is 0 Å². The summed E-state index contributed by atoms with van der Waals surface area (Å²) in [6.07, 6.45) is 6.11. The van der Waals surface area contributed by atoms with Crippen LogP contribution in [-0.4, -0.2) is 17.0 Å². The van der Waals surface area contributed by atoms with E-state index < -0.39 is 0 Å². The van der Waals surface area contributed by atoms with Crippen molar-refractivity contribution in [2.75, 3.05) is 6.54 Å². The molecule has 1 aliphatic heterocycles. The fourth-order valence-corrected chi connectivity index (χ4v) is 3.35. The fraction of sp³-hybridized carbons (Fsp3) is 0.471. The molecular formula is C17H22N2O. The molecule has 2 heterocycles. The Bertz CT molecular complexity index is 616. The number of piperidine rings is 1. The maximum absolute atomic E-state index is 12.3. The highest BCUT2D eigenvalue weighted by atomic mass is 16.2. The number of aryl methyl sites for hydroxylation is 1. The number of carbonyl (C=O) groups is 1. The molecule has 1 atom stereocenters. The lowest BCUT2D eigenvalue weighted by atomic mass is 9.75. The van der Waals surface area contributed by atoms with E-state index >= 15 is 0 Å². The minimum Gasteiger partial charge on any atom is -0.356 e. The average molecular weight is 270 g/mol. The normalized spacial score (nSPS) is 22.9. The molecule has 0 bridgehead atoms. The second kappa shape index (κ2) is 5.31. The molecule has 3 heteroatoms. The lowest BCUT2D eigenvalue weighted by Crippen LogP contribution is -2.46. The van der Waals surface area contributed by atoms with Crippen LogP contribution in [0.3, 0.4) is 0 Å². The fourth-order valence-electron chi connectivity index (χ4n) is 3.35. The topological polar surface area (TPSA) is 34.0 Å². The summed E-state index contributed by atoms with van der Waals surface area (Å²) < 4.78 is 2.27. The zero-order chi connectivity index (χ0) is 14.0. The van der Waals surface area contributed by atoms with E-state index in [0.717, 1.165) is 38.8 Å². The quantitative estimate of drug-likeness (QED) is 0.908. The van der Waals surface area contributed by atoms with E-state index in [0.29, 0.717) is 0 Å². The summed E-state index contributed by atoms with van der Waals surface area (Å²) in [4.78, 5) is 12.3. The van der Waals surface area contributed by atoms with E-state index in [1.807, 2.05) is 0 Å². The molecule has 0 aliphatic carbocycles. The molecule has 0 radical (unpaired) electrons. The van der Waals surface area contributed by atoms with E-state index in [-0.39, 0.29) is 11.3 Å². The first-order chi connectivity index (χ1) is 9.75. The molecule has 0 spiro atoms. The second-order valence-electron chi connectivity index (χ2n) is 5.81. The first-order valence-electron chi connectivity index (χ1n) is 7.57. The van der Waals surface area contributed by atoms with Gasteiger partial charge < -0.3 is 9.88 Å². The molecule has 1 fully saturated rings. The highest BCUT2D eigenvalue weighted by Crippen LogP contribution is 2.35. The first-order valence-corrected chi connectivity index (χ1v) is 7.57. The molecule has 2 aromatic rings. The summed E-state index contributed by atoms with van der Waals surface area (Å²) in [5, 5.41) is 4.31. The third kappa shape index (κ3) is 2.21. The second-order valence-corrected chi connectivity index (χ2v) is 5.81.